The lowest BCUT2D eigenvalue weighted by Crippen LogP contribution is -2.37. The van der Waals surface area contributed by atoms with Crippen molar-refractivity contribution < 1.29 is 37.3 Å². The van der Waals surface area contributed by atoms with Crippen molar-refractivity contribution in [1.82, 2.24) is 0 Å². The Morgan fingerprint density at radius 1 is 0.696 bits per heavy atom. The summed E-state index contributed by atoms with van der Waals surface area (Å²) in [5.74, 6) is -0.420. The van der Waals surface area contributed by atoms with Crippen molar-refractivity contribution in [2.75, 3.05) is 54.1 Å². The van der Waals surface area contributed by atoms with E-state index in [4.69, 9.17) is 18.5 Å². The van der Waals surface area contributed by atoms with Crippen molar-refractivity contribution >= 4 is 13.8 Å². The third kappa shape index (κ3) is 33.6. The van der Waals surface area contributed by atoms with Crippen LogP contribution in [0.25, 0.3) is 0 Å². The van der Waals surface area contributed by atoms with Crippen molar-refractivity contribution in [2.24, 2.45) is 0 Å². The molecule has 0 aromatic rings. The SMILES string of the molecule is CC/C=C\C/C=C\C/C=C\C/C=C\CCC(=O)OC(COCCCCCCCC/C=C\CCC)COP(=O)([O-])OCC[N+](C)(C)C. The van der Waals surface area contributed by atoms with E-state index >= 15 is 0 Å². The van der Waals surface area contributed by atoms with Crippen molar-refractivity contribution in [3.63, 3.8) is 0 Å². The van der Waals surface area contributed by atoms with Crippen molar-refractivity contribution in [3.05, 3.63) is 60.8 Å². The quantitative estimate of drug-likeness (QED) is 0.0240. The molecule has 2 unspecified atom stereocenters. The number of rotatable bonds is 31. The Labute approximate surface area is 281 Å². The average Bonchev–Trinajstić information content (AvgIpc) is 2.99. The fraction of sp³-hybridized carbons (Fsp3) is 0.703. The van der Waals surface area contributed by atoms with Gasteiger partial charge in [-0.2, -0.15) is 0 Å². The maximum atomic E-state index is 12.5. The second-order valence-corrected chi connectivity index (χ2v) is 13.9. The van der Waals surface area contributed by atoms with E-state index in [1.165, 1.54) is 32.1 Å². The predicted octanol–water partition coefficient (Wildman–Crippen LogP) is 8.79. The van der Waals surface area contributed by atoms with Gasteiger partial charge in [-0.3, -0.25) is 9.36 Å². The third-order valence-electron chi connectivity index (χ3n) is 6.80. The number of ether oxygens (including phenoxy) is 2. The van der Waals surface area contributed by atoms with Crippen molar-refractivity contribution in [2.45, 2.75) is 116 Å². The van der Waals surface area contributed by atoms with E-state index in [-0.39, 0.29) is 26.2 Å². The van der Waals surface area contributed by atoms with E-state index in [1.807, 2.05) is 33.3 Å². The largest absolute Gasteiger partial charge is 0.756 e. The Hall–Kier alpha value is -1.80. The summed E-state index contributed by atoms with van der Waals surface area (Å²) in [4.78, 5) is 24.8. The van der Waals surface area contributed by atoms with Crippen molar-refractivity contribution in [3.8, 4) is 0 Å². The average molecular weight is 668 g/mol. The van der Waals surface area contributed by atoms with E-state index in [0.29, 0.717) is 24.1 Å². The van der Waals surface area contributed by atoms with Crippen LogP contribution in [0.5, 0.6) is 0 Å². The van der Waals surface area contributed by atoms with Gasteiger partial charge in [-0.15, -0.1) is 0 Å². The van der Waals surface area contributed by atoms with E-state index in [1.54, 1.807) is 0 Å². The molecule has 0 fully saturated rings. The number of carbonyl (C=O) groups excluding carboxylic acids is 1. The van der Waals surface area contributed by atoms with Crippen LogP contribution in [-0.4, -0.2) is 70.7 Å². The van der Waals surface area contributed by atoms with E-state index < -0.39 is 19.9 Å². The van der Waals surface area contributed by atoms with E-state index in [2.05, 4.69) is 62.5 Å². The highest BCUT2D eigenvalue weighted by Crippen LogP contribution is 2.38. The van der Waals surface area contributed by atoms with Crippen LogP contribution in [0.15, 0.2) is 60.8 Å². The number of allylic oxidation sites excluding steroid dienone is 10. The molecule has 0 spiro atoms. The van der Waals surface area contributed by atoms with Gasteiger partial charge in [0.15, 0.2) is 0 Å². The smallest absolute Gasteiger partial charge is 0.306 e. The molecule has 46 heavy (non-hydrogen) atoms. The molecule has 9 heteroatoms. The Morgan fingerprint density at radius 2 is 1.26 bits per heavy atom. The molecule has 0 aliphatic rings. The molecule has 0 saturated carbocycles. The molecule has 0 radical (unpaired) electrons. The molecule has 0 aromatic heterocycles. The summed E-state index contributed by atoms with van der Waals surface area (Å²) >= 11 is 0. The van der Waals surface area contributed by atoms with Gasteiger partial charge in [0.2, 0.25) is 0 Å². The minimum absolute atomic E-state index is 0.00958. The summed E-state index contributed by atoms with van der Waals surface area (Å²) in [5.41, 5.74) is 0. The third-order valence-corrected chi connectivity index (χ3v) is 7.76. The van der Waals surface area contributed by atoms with Gasteiger partial charge in [-0.1, -0.05) is 107 Å². The number of quaternary nitrogens is 1. The molecule has 0 N–H and O–H groups in total. The van der Waals surface area contributed by atoms with Gasteiger partial charge in [0.05, 0.1) is 34.4 Å². The van der Waals surface area contributed by atoms with Crippen LogP contribution in [0.2, 0.25) is 0 Å². The lowest BCUT2D eigenvalue weighted by molar-refractivity contribution is -0.870. The highest BCUT2D eigenvalue weighted by atomic mass is 31.2. The van der Waals surface area contributed by atoms with Crippen LogP contribution in [0.3, 0.4) is 0 Å². The highest BCUT2D eigenvalue weighted by Gasteiger charge is 2.20. The van der Waals surface area contributed by atoms with Crippen LogP contribution < -0.4 is 4.89 Å². The fourth-order valence-corrected chi connectivity index (χ4v) is 4.82. The summed E-state index contributed by atoms with van der Waals surface area (Å²) in [5, 5.41) is 0. The Bertz CT molecular complexity index is 921. The number of phosphoric ester groups is 1. The summed E-state index contributed by atoms with van der Waals surface area (Å²) in [7, 11) is 1.30. The summed E-state index contributed by atoms with van der Waals surface area (Å²) in [6, 6.07) is 0. The van der Waals surface area contributed by atoms with Gasteiger partial charge in [0, 0.05) is 13.0 Å². The Morgan fingerprint density at radius 3 is 1.89 bits per heavy atom. The molecule has 0 saturated heterocycles. The first kappa shape index (κ1) is 44.2. The topological polar surface area (TPSA) is 94.1 Å². The van der Waals surface area contributed by atoms with Crippen molar-refractivity contribution in [1.29, 1.82) is 0 Å². The highest BCUT2D eigenvalue weighted by molar-refractivity contribution is 7.45. The first-order chi connectivity index (χ1) is 22.1. The van der Waals surface area contributed by atoms with Gasteiger partial charge in [0.25, 0.3) is 7.82 Å². The number of carbonyl (C=O) groups is 1. The molecular weight excluding hydrogens is 601 g/mol. The van der Waals surface area contributed by atoms with Gasteiger partial charge < -0.3 is 27.9 Å². The maximum absolute atomic E-state index is 12.5. The van der Waals surface area contributed by atoms with E-state index in [9.17, 15) is 14.3 Å². The van der Waals surface area contributed by atoms with Gasteiger partial charge >= 0.3 is 5.97 Å². The van der Waals surface area contributed by atoms with Crippen LogP contribution in [-0.2, 0) is 27.9 Å². The fourth-order valence-electron chi connectivity index (χ4n) is 4.09. The molecule has 2 atom stereocenters. The van der Waals surface area contributed by atoms with Crippen LogP contribution in [0, 0.1) is 0 Å². The second-order valence-electron chi connectivity index (χ2n) is 12.5. The molecule has 0 amide bonds. The van der Waals surface area contributed by atoms with Gasteiger partial charge in [-0.05, 0) is 57.8 Å². The number of esters is 1. The lowest BCUT2D eigenvalue weighted by atomic mass is 10.1. The standard InChI is InChI=1S/C37H66NO7P/c1-6-8-10-12-14-16-18-19-20-22-24-26-28-30-37(39)45-36(35-44-46(40,41)43-33-31-38(3,4)5)34-42-32-29-27-25-23-21-17-15-13-11-9-7-2/h8,10-11,13-14,16,19-20,24,26,36H,6-7,9,12,15,17-18,21-23,25,27-35H2,1-5H3/b10-8-,13-11-,16-14-,20-19-,26-24-. The number of likely N-dealkylation sites (N-methyl/N-ethyl adjacent to an activating group) is 1. The Kier molecular flexibility index (Phi) is 29.3. The number of phosphoric acid groups is 1. The molecule has 0 rings (SSSR count). The zero-order valence-electron chi connectivity index (χ0n) is 29.7. The predicted molar refractivity (Wildman–Crippen MR) is 189 cm³/mol. The van der Waals surface area contributed by atoms with Gasteiger partial charge in [0.1, 0.15) is 19.3 Å². The summed E-state index contributed by atoms with van der Waals surface area (Å²) in [6.45, 7) is 5.08. The first-order valence-corrected chi connectivity index (χ1v) is 19.0. The molecular formula is C37H66NO7P. The van der Waals surface area contributed by atoms with Crippen LogP contribution in [0.4, 0.5) is 0 Å². The maximum Gasteiger partial charge on any atom is 0.306 e. The number of hydrogen-bond donors (Lipinski definition) is 0. The van der Waals surface area contributed by atoms with E-state index in [0.717, 1.165) is 51.4 Å². The summed E-state index contributed by atoms with van der Waals surface area (Å²) < 4.78 is 34.2. The second kappa shape index (κ2) is 30.5. The van der Waals surface area contributed by atoms with Crippen LogP contribution in [0.1, 0.15) is 110 Å². The van der Waals surface area contributed by atoms with Gasteiger partial charge in [-0.25, -0.2) is 0 Å². The monoisotopic (exact) mass is 667 g/mol. The minimum atomic E-state index is -4.53. The summed E-state index contributed by atoms with van der Waals surface area (Å²) in [6.07, 6.45) is 35.4. The zero-order chi connectivity index (χ0) is 34.2. The molecule has 0 heterocycles. The Balaban J connectivity index is 4.49. The normalized spacial score (nSPS) is 14.8. The zero-order valence-corrected chi connectivity index (χ0v) is 30.6. The first-order valence-electron chi connectivity index (χ1n) is 17.5. The minimum Gasteiger partial charge on any atom is -0.756 e. The molecule has 0 aromatic carbocycles. The molecule has 266 valence electrons. The number of hydrogen-bond acceptors (Lipinski definition) is 7. The number of unbranched alkanes of at least 4 members (excludes halogenated alkanes) is 7. The van der Waals surface area contributed by atoms with Crippen LogP contribution >= 0.6 is 7.82 Å². The molecule has 8 nitrogen and oxygen atoms in total. The lowest BCUT2D eigenvalue weighted by Gasteiger charge is -2.28. The molecule has 0 aliphatic heterocycles. The molecule has 0 aliphatic carbocycles. The molecule has 0 bridgehead atoms. The number of nitrogens with zero attached hydrogens (tertiary/aromatic N) is 1.